The highest BCUT2D eigenvalue weighted by Gasteiger charge is 2.13. The van der Waals surface area contributed by atoms with Crippen LogP contribution in [0.4, 0.5) is 4.39 Å². The van der Waals surface area contributed by atoms with Crippen LogP contribution in [-0.2, 0) is 6.42 Å². The van der Waals surface area contributed by atoms with Gasteiger partial charge in [-0.3, -0.25) is 0 Å². The number of aryl methyl sites for hydroxylation is 1. The van der Waals surface area contributed by atoms with Crippen molar-refractivity contribution in [3.05, 3.63) is 23.5 Å². The number of methoxy groups -OCH3 is 2. The maximum Gasteiger partial charge on any atom is 0.207 e. The highest BCUT2D eigenvalue weighted by atomic mass is 19.1. The van der Waals surface area contributed by atoms with Gasteiger partial charge < -0.3 is 15.2 Å². The van der Waals surface area contributed by atoms with E-state index in [-0.39, 0.29) is 11.5 Å². The van der Waals surface area contributed by atoms with Gasteiger partial charge in [0.15, 0.2) is 11.5 Å². The van der Waals surface area contributed by atoms with E-state index in [2.05, 4.69) is 0 Å². The normalized spacial score (nSPS) is 10.2. The molecule has 16 heavy (non-hydrogen) atoms. The lowest BCUT2D eigenvalue weighted by atomic mass is 10.1. The van der Waals surface area contributed by atoms with Crippen molar-refractivity contribution in [2.45, 2.75) is 19.3 Å². The quantitative estimate of drug-likeness (QED) is 0.757. The molecule has 0 aliphatic rings. The molecule has 0 heterocycles. The summed E-state index contributed by atoms with van der Waals surface area (Å²) in [6, 6.07) is 3.45. The monoisotopic (exact) mass is 227 g/mol. The Morgan fingerprint density at radius 2 is 1.94 bits per heavy atom. The highest BCUT2D eigenvalue weighted by Crippen LogP contribution is 2.31. The Balaban J connectivity index is 2.88. The molecule has 4 heteroatoms. The minimum Gasteiger partial charge on any atom is -0.494 e. The topological polar surface area (TPSA) is 44.5 Å². The summed E-state index contributed by atoms with van der Waals surface area (Å²) in [4.78, 5) is 0. The predicted molar refractivity (Wildman–Crippen MR) is 61.5 cm³/mol. The molecule has 2 N–H and O–H groups in total. The Kier molecular flexibility index (Phi) is 5.05. The van der Waals surface area contributed by atoms with Gasteiger partial charge in [-0.1, -0.05) is 6.07 Å². The molecule has 0 spiro atoms. The molecule has 0 aromatic heterocycles. The number of rotatable bonds is 6. The summed E-state index contributed by atoms with van der Waals surface area (Å²) in [7, 11) is 2.90. The molecule has 1 aromatic rings. The molecular formula is C12H18FNO2. The number of halogens is 1. The molecule has 0 saturated carbocycles. The van der Waals surface area contributed by atoms with Crippen molar-refractivity contribution in [3.63, 3.8) is 0 Å². The number of nitrogens with two attached hydrogens (primary N) is 1. The molecule has 3 nitrogen and oxygen atoms in total. The minimum atomic E-state index is -0.435. The van der Waals surface area contributed by atoms with Crippen molar-refractivity contribution in [1.82, 2.24) is 0 Å². The van der Waals surface area contributed by atoms with Crippen molar-refractivity contribution in [2.75, 3.05) is 20.8 Å². The molecule has 1 aromatic carbocycles. The second-order valence-corrected chi connectivity index (χ2v) is 3.52. The maximum absolute atomic E-state index is 13.8. The first-order valence-electron chi connectivity index (χ1n) is 5.34. The molecule has 0 bridgehead atoms. The van der Waals surface area contributed by atoms with Crippen LogP contribution in [0.2, 0.25) is 0 Å². The lowest BCUT2D eigenvalue weighted by molar-refractivity contribution is 0.347. The molecule has 0 unspecified atom stereocenters. The van der Waals surface area contributed by atoms with Crippen molar-refractivity contribution in [3.8, 4) is 11.5 Å². The van der Waals surface area contributed by atoms with Gasteiger partial charge in [0.2, 0.25) is 5.82 Å². The first-order chi connectivity index (χ1) is 7.74. The second-order valence-electron chi connectivity index (χ2n) is 3.52. The summed E-state index contributed by atoms with van der Waals surface area (Å²) in [5.41, 5.74) is 6.27. The minimum absolute atomic E-state index is 0.208. The average Bonchev–Trinajstić information content (AvgIpc) is 2.30. The Bertz CT molecular complexity index is 342. The van der Waals surface area contributed by atoms with E-state index in [4.69, 9.17) is 15.2 Å². The fourth-order valence-corrected chi connectivity index (χ4v) is 1.61. The maximum atomic E-state index is 13.8. The van der Waals surface area contributed by atoms with E-state index in [1.54, 1.807) is 6.07 Å². The van der Waals surface area contributed by atoms with E-state index in [1.165, 1.54) is 14.2 Å². The Morgan fingerprint density at radius 1 is 1.19 bits per heavy atom. The number of unbranched alkanes of at least 4 members (excludes halogenated alkanes) is 1. The van der Waals surface area contributed by atoms with Crippen LogP contribution in [0.25, 0.3) is 0 Å². The largest absolute Gasteiger partial charge is 0.494 e. The van der Waals surface area contributed by atoms with Crippen LogP contribution in [0, 0.1) is 5.82 Å². The smallest absolute Gasteiger partial charge is 0.207 e. The van der Waals surface area contributed by atoms with Gasteiger partial charge in [0.05, 0.1) is 14.2 Å². The van der Waals surface area contributed by atoms with Gasteiger partial charge in [-0.15, -0.1) is 0 Å². The Hall–Kier alpha value is -1.29. The fraction of sp³-hybridized carbons (Fsp3) is 0.500. The molecular weight excluding hydrogens is 209 g/mol. The van der Waals surface area contributed by atoms with Crippen molar-refractivity contribution in [2.24, 2.45) is 5.73 Å². The van der Waals surface area contributed by atoms with Crippen LogP contribution in [0.3, 0.4) is 0 Å². The summed E-state index contributed by atoms with van der Waals surface area (Å²) in [5, 5.41) is 0. The molecule has 0 atom stereocenters. The third-order valence-electron chi connectivity index (χ3n) is 2.47. The summed E-state index contributed by atoms with van der Waals surface area (Å²) in [6.07, 6.45) is 2.62. The zero-order chi connectivity index (χ0) is 12.0. The number of benzene rings is 1. The molecule has 0 fully saturated rings. The summed E-state index contributed by atoms with van der Waals surface area (Å²) in [6.45, 7) is 0.654. The number of hydrogen-bond acceptors (Lipinski definition) is 3. The van der Waals surface area contributed by atoms with Gasteiger partial charge in [-0.25, -0.2) is 0 Å². The van der Waals surface area contributed by atoms with Crippen LogP contribution in [0.15, 0.2) is 12.1 Å². The summed E-state index contributed by atoms with van der Waals surface area (Å²) in [5.74, 6) is 0.0473. The number of hydrogen-bond donors (Lipinski definition) is 1. The van der Waals surface area contributed by atoms with Gasteiger partial charge >= 0.3 is 0 Å². The van der Waals surface area contributed by atoms with E-state index in [1.807, 2.05) is 6.07 Å². The van der Waals surface area contributed by atoms with Gasteiger partial charge in [-0.05, 0) is 37.4 Å². The van der Waals surface area contributed by atoms with E-state index in [9.17, 15) is 4.39 Å². The first-order valence-corrected chi connectivity index (χ1v) is 5.34. The third-order valence-corrected chi connectivity index (χ3v) is 2.47. The van der Waals surface area contributed by atoms with E-state index in [0.29, 0.717) is 6.54 Å². The van der Waals surface area contributed by atoms with E-state index < -0.39 is 5.82 Å². The molecule has 0 radical (unpaired) electrons. The van der Waals surface area contributed by atoms with Crippen LogP contribution < -0.4 is 15.2 Å². The summed E-state index contributed by atoms with van der Waals surface area (Å²) >= 11 is 0. The van der Waals surface area contributed by atoms with Gasteiger partial charge in [0, 0.05) is 0 Å². The van der Waals surface area contributed by atoms with Crippen LogP contribution in [0.1, 0.15) is 18.4 Å². The zero-order valence-electron chi connectivity index (χ0n) is 9.75. The van der Waals surface area contributed by atoms with Crippen LogP contribution >= 0.6 is 0 Å². The zero-order valence-corrected chi connectivity index (χ0v) is 9.75. The highest BCUT2D eigenvalue weighted by molar-refractivity contribution is 5.42. The fourth-order valence-electron chi connectivity index (χ4n) is 1.61. The second kappa shape index (κ2) is 6.33. The van der Waals surface area contributed by atoms with E-state index in [0.717, 1.165) is 24.8 Å². The molecule has 0 aliphatic carbocycles. The number of ether oxygens (including phenoxy) is 2. The SMILES string of the molecule is COc1ccc(CCCCN)c(OC)c1F. The van der Waals surface area contributed by atoms with Gasteiger partial charge in [0.1, 0.15) is 0 Å². The van der Waals surface area contributed by atoms with Crippen molar-refractivity contribution < 1.29 is 13.9 Å². The molecule has 1 rings (SSSR count). The van der Waals surface area contributed by atoms with Crippen LogP contribution in [0.5, 0.6) is 11.5 Å². The Morgan fingerprint density at radius 3 is 2.50 bits per heavy atom. The van der Waals surface area contributed by atoms with Crippen molar-refractivity contribution in [1.29, 1.82) is 0 Å². The molecule has 90 valence electrons. The third kappa shape index (κ3) is 2.85. The standard InChI is InChI=1S/C12H18FNO2/c1-15-10-7-6-9(5-3-4-8-14)12(16-2)11(10)13/h6-7H,3-5,8,14H2,1-2H3. The van der Waals surface area contributed by atoms with Gasteiger partial charge in [0.25, 0.3) is 0 Å². The molecule has 0 aliphatic heterocycles. The van der Waals surface area contributed by atoms with E-state index >= 15 is 0 Å². The summed E-state index contributed by atoms with van der Waals surface area (Å²) < 4.78 is 23.7. The van der Waals surface area contributed by atoms with Crippen LogP contribution in [-0.4, -0.2) is 20.8 Å². The average molecular weight is 227 g/mol. The first kappa shape index (κ1) is 12.8. The molecule has 0 amide bonds. The molecule has 0 saturated heterocycles. The van der Waals surface area contributed by atoms with Crippen molar-refractivity contribution >= 4 is 0 Å². The Labute approximate surface area is 95.4 Å². The lowest BCUT2D eigenvalue weighted by Gasteiger charge is -2.11. The van der Waals surface area contributed by atoms with Gasteiger partial charge in [-0.2, -0.15) is 4.39 Å². The predicted octanol–water partition coefficient (Wildman–Crippen LogP) is 2.12. The lowest BCUT2D eigenvalue weighted by Crippen LogP contribution is -2.01.